The summed E-state index contributed by atoms with van der Waals surface area (Å²) in [7, 11) is 0. The van der Waals surface area contributed by atoms with E-state index < -0.39 is 0 Å². The second-order valence-electron chi connectivity index (χ2n) is 6.72. The number of benzene rings is 2. The van der Waals surface area contributed by atoms with Gasteiger partial charge < -0.3 is 14.8 Å². The van der Waals surface area contributed by atoms with Gasteiger partial charge in [0.15, 0.2) is 12.4 Å². The van der Waals surface area contributed by atoms with Crippen LogP contribution >= 0.6 is 0 Å². The highest BCUT2D eigenvalue weighted by Gasteiger charge is 2.11. The molecule has 0 atom stereocenters. The Bertz CT molecular complexity index is 781. The molecule has 2 aromatic rings. The molecule has 3 rings (SSSR count). The fraction of sp³-hybridized carbons (Fsp3) is 0.364. The molecular formula is C22H26N2O4. The number of amides is 1. The lowest BCUT2D eigenvalue weighted by molar-refractivity contribution is -0.118. The van der Waals surface area contributed by atoms with Gasteiger partial charge in [0.05, 0.1) is 13.2 Å². The Morgan fingerprint density at radius 1 is 1.04 bits per heavy atom. The number of ketones is 1. The normalized spacial score (nSPS) is 14.5. The SMILES string of the molecule is CCC(=O)c1ccc(OCC(=O)Nc2ccc(CN3CCOCC3)cc2)cc1. The maximum Gasteiger partial charge on any atom is 0.262 e. The van der Waals surface area contributed by atoms with E-state index in [1.54, 1.807) is 24.3 Å². The van der Waals surface area contributed by atoms with E-state index in [4.69, 9.17) is 9.47 Å². The van der Waals surface area contributed by atoms with Gasteiger partial charge in [0, 0.05) is 37.3 Å². The van der Waals surface area contributed by atoms with E-state index in [0.29, 0.717) is 17.7 Å². The fourth-order valence-corrected chi connectivity index (χ4v) is 3.00. The van der Waals surface area contributed by atoms with Crippen LogP contribution in [0.25, 0.3) is 0 Å². The van der Waals surface area contributed by atoms with Crippen LogP contribution in [0.15, 0.2) is 48.5 Å². The zero-order valence-corrected chi connectivity index (χ0v) is 16.1. The number of hydrogen-bond donors (Lipinski definition) is 1. The number of anilines is 1. The average molecular weight is 382 g/mol. The summed E-state index contributed by atoms with van der Waals surface area (Å²) in [6.07, 6.45) is 0.466. The fourth-order valence-electron chi connectivity index (χ4n) is 3.00. The van der Waals surface area contributed by atoms with Crippen molar-refractivity contribution in [1.82, 2.24) is 4.90 Å². The van der Waals surface area contributed by atoms with Crippen LogP contribution in [0.2, 0.25) is 0 Å². The van der Waals surface area contributed by atoms with Crippen LogP contribution in [-0.4, -0.2) is 49.5 Å². The van der Waals surface area contributed by atoms with Crippen LogP contribution in [0.1, 0.15) is 29.3 Å². The summed E-state index contributed by atoms with van der Waals surface area (Å²) in [5.41, 5.74) is 2.59. The number of ether oxygens (including phenoxy) is 2. The van der Waals surface area contributed by atoms with Crippen molar-refractivity contribution in [3.05, 3.63) is 59.7 Å². The maximum absolute atomic E-state index is 12.1. The number of carbonyl (C=O) groups is 2. The van der Waals surface area contributed by atoms with Gasteiger partial charge in [-0.2, -0.15) is 0 Å². The Morgan fingerprint density at radius 3 is 2.36 bits per heavy atom. The molecule has 0 bridgehead atoms. The molecule has 0 radical (unpaired) electrons. The number of nitrogens with zero attached hydrogens (tertiary/aromatic N) is 1. The minimum absolute atomic E-state index is 0.0846. The Morgan fingerprint density at radius 2 is 1.71 bits per heavy atom. The summed E-state index contributed by atoms with van der Waals surface area (Å²) in [5, 5.41) is 2.83. The number of hydrogen-bond acceptors (Lipinski definition) is 5. The summed E-state index contributed by atoms with van der Waals surface area (Å²) in [6.45, 7) is 6.09. The van der Waals surface area contributed by atoms with Crippen LogP contribution in [0.4, 0.5) is 5.69 Å². The van der Waals surface area contributed by atoms with Gasteiger partial charge in [-0.3, -0.25) is 14.5 Å². The molecular weight excluding hydrogens is 356 g/mol. The van der Waals surface area contributed by atoms with Crippen molar-refractivity contribution in [2.45, 2.75) is 19.9 Å². The molecule has 6 nitrogen and oxygen atoms in total. The van der Waals surface area contributed by atoms with Gasteiger partial charge in [0.25, 0.3) is 5.91 Å². The van der Waals surface area contributed by atoms with Crippen molar-refractivity contribution < 1.29 is 19.1 Å². The van der Waals surface area contributed by atoms with Crippen molar-refractivity contribution >= 4 is 17.4 Å². The van der Waals surface area contributed by atoms with Gasteiger partial charge >= 0.3 is 0 Å². The molecule has 1 aliphatic rings. The van der Waals surface area contributed by atoms with Crippen molar-refractivity contribution in [2.24, 2.45) is 0 Å². The molecule has 1 saturated heterocycles. The maximum atomic E-state index is 12.1. The molecule has 0 aromatic heterocycles. The zero-order chi connectivity index (χ0) is 19.8. The Labute approximate surface area is 165 Å². The minimum atomic E-state index is -0.227. The predicted octanol–water partition coefficient (Wildman–Crippen LogP) is 3.13. The molecule has 1 fully saturated rings. The highest BCUT2D eigenvalue weighted by molar-refractivity contribution is 5.96. The third-order valence-corrected chi connectivity index (χ3v) is 4.61. The van der Waals surface area contributed by atoms with E-state index in [-0.39, 0.29) is 18.3 Å². The van der Waals surface area contributed by atoms with E-state index in [2.05, 4.69) is 10.2 Å². The standard InChI is InChI=1S/C22H26N2O4/c1-2-21(25)18-5-9-20(10-6-18)28-16-22(26)23-19-7-3-17(4-8-19)15-24-11-13-27-14-12-24/h3-10H,2,11-16H2,1H3,(H,23,26). The predicted molar refractivity (Wildman–Crippen MR) is 108 cm³/mol. The molecule has 0 aliphatic carbocycles. The van der Waals surface area contributed by atoms with Gasteiger partial charge in [-0.25, -0.2) is 0 Å². The van der Waals surface area contributed by atoms with E-state index in [0.717, 1.165) is 38.5 Å². The second kappa shape index (κ2) is 10.0. The van der Waals surface area contributed by atoms with E-state index in [1.807, 2.05) is 31.2 Å². The van der Waals surface area contributed by atoms with Crippen LogP contribution < -0.4 is 10.1 Å². The number of rotatable bonds is 8. The minimum Gasteiger partial charge on any atom is -0.484 e. The summed E-state index contributed by atoms with van der Waals surface area (Å²) in [6, 6.07) is 14.7. The Balaban J connectivity index is 1.44. The number of nitrogens with one attached hydrogen (secondary N) is 1. The van der Waals surface area contributed by atoms with Crippen molar-refractivity contribution in [2.75, 3.05) is 38.2 Å². The molecule has 1 heterocycles. The van der Waals surface area contributed by atoms with Crippen LogP contribution in [0.5, 0.6) is 5.75 Å². The number of Topliss-reactive ketones (excluding diaryl/α,β-unsaturated/α-hetero) is 1. The third kappa shape index (κ3) is 5.90. The average Bonchev–Trinajstić information content (AvgIpc) is 2.74. The summed E-state index contributed by atoms with van der Waals surface area (Å²) < 4.78 is 10.9. The van der Waals surface area contributed by atoms with Gasteiger partial charge in [-0.05, 0) is 42.0 Å². The molecule has 2 aromatic carbocycles. The smallest absolute Gasteiger partial charge is 0.262 e. The van der Waals surface area contributed by atoms with Gasteiger partial charge in [-0.1, -0.05) is 19.1 Å². The van der Waals surface area contributed by atoms with Crippen LogP contribution in [-0.2, 0) is 16.1 Å². The largest absolute Gasteiger partial charge is 0.484 e. The summed E-state index contributed by atoms with van der Waals surface area (Å²) >= 11 is 0. The summed E-state index contributed by atoms with van der Waals surface area (Å²) in [5.74, 6) is 0.416. The van der Waals surface area contributed by atoms with E-state index in [1.165, 1.54) is 5.56 Å². The molecule has 1 aliphatic heterocycles. The van der Waals surface area contributed by atoms with Crippen molar-refractivity contribution in [1.29, 1.82) is 0 Å². The third-order valence-electron chi connectivity index (χ3n) is 4.61. The highest BCUT2D eigenvalue weighted by atomic mass is 16.5. The van der Waals surface area contributed by atoms with Gasteiger partial charge in [-0.15, -0.1) is 0 Å². The highest BCUT2D eigenvalue weighted by Crippen LogP contribution is 2.15. The first kappa shape index (κ1) is 20.0. The molecule has 6 heteroatoms. The molecule has 0 unspecified atom stereocenters. The van der Waals surface area contributed by atoms with Gasteiger partial charge in [0.1, 0.15) is 5.75 Å². The van der Waals surface area contributed by atoms with Crippen molar-refractivity contribution in [3.63, 3.8) is 0 Å². The molecule has 1 amide bonds. The molecule has 148 valence electrons. The molecule has 28 heavy (non-hydrogen) atoms. The van der Waals surface area contributed by atoms with Gasteiger partial charge in [0.2, 0.25) is 0 Å². The van der Waals surface area contributed by atoms with Crippen molar-refractivity contribution in [3.8, 4) is 5.75 Å². The van der Waals surface area contributed by atoms with E-state index >= 15 is 0 Å². The lowest BCUT2D eigenvalue weighted by Gasteiger charge is -2.26. The second-order valence-corrected chi connectivity index (χ2v) is 6.72. The monoisotopic (exact) mass is 382 g/mol. The molecule has 0 spiro atoms. The van der Waals surface area contributed by atoms with Crippen LogP contribution in [0.3, 0.4) is 0 Å². The first-order valence-corrected chi connectivity index (χ1v) is 9.59. The van der Waals surface area contributed by atoms with E-state index in [9.17, 15) is 9.59 Å². The first-order chi connectivity index (χ1) is 13.6. The molecule has 0 saturated carbocycles. The number of morpholine rings is 1. The Kier molecular flexibility index (Phi) is 7.17. The topological polar surface area (TPSA) is 67.9 Å². The summed E-state index contributed by atoms with van der Waals surface area (Å²) in [4.78, 5) is 26.1. The Hall–Kier alpha value is -2.70. The lowest BCUT2D eigenvalue weighted by atomic mass is 10.1. The molecule has 1 N–H and O–H groups in total. The van der Waals surface area contributed by atoms with Crippen LogP contribution in [0, 0.1) is 0 Å². The number of carbonyl (C=O) groups excluding carboxylic acids is 2. The first-order valence-electron chi connectivity index (χ1n) is 9.59. The zero-order valence-electron chi connectivity index (χ0n) is 16.1. The quantitative estimate of drug-likeness (QED) is 0.711. The lowest BCUT2D eigenvalue weighted by Crippen LogP contribution is -2.35.